The fourth-order valence-electron chi connectivity index (χ4n) is 2.68. The third kappa shape index (κ3) is 3.14. The zero-order valence-corrected chi connectivity index (χ0v) is 14.5. The van der Waals surface area contributed by atoms with Crippen LogP contribution in [0, 0.1) is 0 Å². The van der Waals surface area contributed by atoms with Crippen molar-refractivity contribution in [2.45, 2.75) is 6.42 Å². The number of H-pyrrole nitrogens is 2. The van der Waals surface area contributed by atoms with Gasteiger partial charge in [-0.2, -0.15) is 0 Å². The smallest absolute Gasteiger partial charge is 0.253 e. The van der Waals surface area contributed by atoms with Gasteiger partial charge in [0.05, 0.1) is 10.4 Å². The summed E-state index contributed by atoms with van der Waals surface area (Å²) >= 11 is 1.56. The fourth-order valence-corrected chi connectivity index (χ4v) is 3.35. The molecule has 0 aliphatic carbocycles. The normalized spacial score (nSPS) is 10.9. The van der Waals surface area contributed by atoms with Crippen LogP contribution >= 0.6 is 11.3 Å². The summed E-state index contributed by atoms with van der Waals surface area (Å²) in [5.74, 6) is 0.451. The second-order valence-corrected chi connectivity index (χ2v) is 6.60. The van der Waals surface area contributed by atoms with Crippen molar-refractivity contribution in [2.75, 3.05) is 6.54 Å². The standard InChI is InChI=1S/C18H15N5O2S/c24-17-11(3-1-7-20-17)5-8-21-18(25)12-6-9-19-16-14(12)22-15(23-16)13-4-2-10-26-13/h1-4,6-7,9-10H,5,8H2,(H,20,24)(H,21,25)(H,19,22,23). The molecule has 4 heterocycles. The molecule has 0 radical (unpaired) electrons. The van der Waals surface area contributed by atoms with Crippen LogP contribution in [0.2, 0.25) is 0 Å². The molecule has 1 amide bonds. The number of rotatable bonds is 5. The lowest BCUT2D eigenvalue weighted by atomic mass is 10.2. The summed E-state index contributed by atoms with van der Waals surface area (Å²) in [6.45, 7) is 0.359. The third-order valence-electron chi connectivity index (χ3n) is 3.96. The Labute approximate surface area is 152 Å². The van der Waals surface area contributed by atoms with E-state index in [1.807, 2.05) is 17.5 Å². The molecule has 0 spiro atoms. The monoisotopic (exact) mass is 365 g/mol. The molecule has 4 aromatic rings. The first-order chi connectivity index (χ1) is 12.7. The van der Waals surface area contributed by atoms with Crippen LogP contribution in [0.15, 0.2) is 52.9 Å². The number of nitrogens with one attached hydrogen (secondary N) is 3. The van der Waals surface area contributed by atoms with E-state index in [2.05, 4.69) is 25.3 Å². The van der Waals surface area contributed by atoms with Crippen molar-refractivity contribution < 1.29 is 4.79 Å². The third-order valence-corrected chi connectivity index (χ3v) is 4.84. The highest BCUT2D eigenvalue weighted by molar-refractivity contribution is 7.13. The summed E-state index contributed by atoms with van der Waals surface area (Å²) in [6, 6.07) is 9.06. The minimum Gasteiger partial charge on any atom is -0.352 e. The number of fused-ring (bicyclic) bond motifs is 1. The van der Waals surface area contributed by atoms with Crippen molar-refractivity contribution in [1.29, 1.82) is 0 Å². The van der Waals surface area contributed by atoms with E-state index in [0.29, 0.717) is 41.1 Å². The number of hydrogen-bond acceptors (Lipinski definition) is 5. The van der Waals surface area contributed by atoms with Crippen LogP contribution in [0.1, 0.15) is 15.9 Å². The lowest BCUT2D eigenvalue weighted by Gasteiger charge is -2.05. The molecular weight excluding hydrogens is 350 g/mol. The van der Waals surface area contributed by atoms with Gasteiger partial charge >= 0.3 is 0 Å². The number of carbonyl (C=O) groups is 1. The highest BCUT2D eigenvalue weighted by atomic mass is 32.1. The molecule has 0 aliphatic heterocycles. The zero-order valence-electron chi connectivity index (χ0n) is 13.7. The van der Waals surface area contributed by atoms with Crippen molar-refractivity contribution in [3.05, 3.63) is 69.6 Å². The number of aromatic amines is 2. The molecule has 0 saturated heterocycles. The van der Waals surface area contributed by atoms with Crippen molar-refractivity contribution >= 4 is 28.4 Å². The molecule has 0 atom stereocenters. The number of hydrogen-bond donors (Lipinski definition) is 3. The van der Waals surface area contributed by atoms with Crippen molar-refractivity contribution in [1.82, 2.24) is 25.3 Å². The molecule has 0 saturated carbocycles. The molecule has 0 aromatic carbocycles. The van der Waals surface area contributed by atoms with Crippen molar-refractivity contribution in [2.24, 2.45) is 0 Å². The van der Waals surface area contributed by atoms with E-state index in [4.69, 9.17) is 0 Å². The van der Waals surface area contributed by atoms with Crippen LogP contribution < -0.4 is 10.9 Å². The topological polar surface area (TPSA) is 104 Å². The molecule has 4 aromatic heterocycles. The number of aromatic nitrogens is 4. The van der Waals surface area contributed by atoms with Gasteiger partial charge in [-0.25, -0.2) is 9.97 Å². The van der Waals surface area contributed by atoms with Gasteiger partial charge in [0, 0.05) is 24.5 Å². The second kappa shape index (κ2) is 6.93. The Hall–Kier alpha value is -3.26. The highest BCUT2D eigenvalue weighted by Gasteiger charge is 2.15. The number of amides is 1. The number of imidazole rings is 1. The van der Waals surface area contributed by atoms with Crippen LogP contribution in [-0.2, 0) is 6.42 Å². The predicted molar refractivity (Wildman–Crippen MR) is 100 cm³/mol. The number of carbonyl (C=O) groups excluding carboxylic acids is 1. The minimum atomic E-state index is -0.242. The summed E-state index contributed by atoms with van der Waals surface area (Å²) in [4.78, 5) is 39.8. The van der Waals surface area contributed by atoms with Gasteiger partial charge in [0.25, 0.3) is 11.5 Å². The van der Waals surface area contributed by atoms with E-state index in [-0.39, 0.29) is 11.5 Å². The SMILES string of the molecule is O=C(NCCc1ccc[nH]c1=O)c1ccnc2[nH]c(-c3cccs3)nc12. The summed E-state index contributed by atoms with van der Waals surface area (Å²) < 4.78 is 0. The number of nitrogens with zero attached hydrogens (tertiary/aromatic N) is 2. The van der Waals surface area contributed by atoms with Crippen LogP contribution in [0.5, 0.6) is 0 Å². The van der Waals surface area contributed by atoms with Gasteiger partial charge in [-0.05, 0) is 30.0 Å². The van der Waals surface area contributed by atoms with Crippen LogP contribution in [0.25, 0.3) is 21.9 Å². The Morgan fingerprint density at radius 2 is 2.15 bits per heavy atom. The second-order valence-electron chi connectivity index (χ2n) is 5.65. The average Bonchev–Trinajstić information content (AvgIpc) is 3.32. The average molecular weight is 365 g/mol. The van der Waals surface area contributed by atoms with E-state index in [0.717, 1.165) is 4.88 Å². The van der Waals surface area contributed by atoms with Gasteiger partial charge in [-0.3, -0.25) is 9.59 Å². The molecule has 26 heavy (non-hydrogen) atoms. The first-order valence-electron chi connectivity index (χ1n) is 8.06. The minimum absolute atomic E-state index is 0.138. The quantitative estimate of drug-likeness (QED) is 0.505. The maximum absolute atomic E-state index is 12.6. The fraction of sp³-hybridized carbons (Fsp3) is 0.111. The number of thiophene rings is 1. The Balaban J connectivity index is 1.53. The predicted octanol–water partition coefficient (Wildman–Crippen LogP) is 2.35. The van der Waals surface area contributed by atoms with E-state index >= 15 is 0 Å². The molecule has 7 nitrogen and oxygen atoms in total. The van der Waals surface area contributed by atoms with Gasteiger partial charge in [-0.1, -0.05) is 12.1 Å². The van der Waals surface area contributed by atoms with Gasteiger partial charge in [0.1, 0.15) is 11.3 Å². The number of pyridine rings is 2. The molecule has 3 N–H and O–H groups in total. The maximum Gasteiger partial charge on any atom is 0.253 e. The molecule has 130 valence electrons. The summed E-state index contributed by atoms with van der Waals surface area (Å²) in [5.41, 5.74) is 2.05. The van der Waals surface area contributed by atoms with E-state index in [1.54, 1.807) is 41.9 Å². The summed E-state index contributed by atoms with van der Waals surface area (Å²) in [5, 5.41) is 4.81. The Morgan fingerprint density at radius 1 is 1.23 bits per heavy atom. The molecule has 0 unspecified atom stereocenters. The van der Waals surface area contributed by atoms with Crippen molar-refractivity contribution in [3.63, 3.8) is 0 Å². The van der Waals surface area contributed by atoms with E-state index in [1.165, 1.54) is 0 Å². The summed E-state index contributed by atoms with van der Waals surface area (Å²) in [6.07, 6.45) is 3.62. The first kappa shape index (κ1) is 16.2. The Bertz CT molecular complexity index is 1110. The Kier molecular flexibility index (Phi) is 4.32. The Morgan fingerprint density at radius 3 is 2.96 bits per heavy atom. The lowest BCUT2D eigenvalue weighted by molar-refractivity contribution is 0.0955. The van der Waals surface area contributed by atoms with Crippen molar-refractivity contribution in [3.8, 4) is 10.7 Å². The van der Waals surface area contributed by atoms with Gasteiger partial charge < -0.3 is 15.3 Å². The molecule has 4 rings (SSSR count). The van der Waals surface area contributed by atoms with Crippen LogP contribution in [0.3, 0.4) is 0 Å². The lowest BCUT2D eigenvalue weighted by Crippen LogP contribution is -2.27. The largest absolute Gasteiger partial charge is 0.352 e. The highest BCUT2D eigenvalue weighted by Crippen LogP contribution is 2.25. The van der Waals surface area contributed by atoms with Crippen LogP contribution in [-0.4, -0.2) is 32.4 Å². The zero-order chi connectivity index (χ0) is 17.9. The van der Waals surface area contributed by atoms with Gasteiger partial charge in [0.15, 0.2) is 5.65 Å². The maximum atomic E-state index is 12.6. The first-order valence-corrected chi connectivity index (χ1v) is 8.94. The molecule has 0 fully saturated rings. The van der Waals surface area contributed by atoms with Gasteiger partial charge in [-0.15, -0.1) is 11.3 Å². The van der Waals surface area contributed by atoms with E-state index in [9.17, 15) is 9.59 Å². The molecule has 0 bridgehead atoms. The molecule has 0 aliphatic rings. The van der Waals surface area contributed by atoms with Crippen LogP contribution in [0.4, 0.5) is 0 Å². The van der Waals surface area contributed by atoms with E-state index < -0.39 is 0 Å². The summed E-state index contributed by atoms with van der Waals surface area (Å²) in [7, 11) is 0. The van der Waals surface area contributed by atoms with Gasteiger partial charge in [0.2, 0.25) is 0 Å². The molecule has 8 heteroatoms. The molecular formula is C18H15N5O2S.